The van der Waals surface area contributed by atoms with Gasteiger partial charge in [0.05, 0.1) is 18.1 Å². The number of carbonyl (C=O) groups excluding carboxylic acids is 1. The molecule has 1 fully saturated rings. The SMILES string of the molecule is COCCc1noc(C2CC(c3ccc(C)c(C(F)(F)F)c3)CN(C=O)C2)n1. The van der Waals surface area contributed by atoms with Crippen LogP contribution in [0.1, 0.15) is 46.7 Å². The van der Waals surface area contributed by atoms with Crippen LogP contribution in [0.4, 0.5) is 13.2 Å². The zero-order chi connectivity index (χ0) is 20.3. The van der Waals surface area contributed by atoms with Crippen LogP contribution in [0.3, 0.4) is 0 Å². The zero-order valence-corrected chi connectivity index (χ0v) is 15.7. The van der Waals surface area contributed by atoms with Crippen LogP contribution < -0.4 is 0 Å². The Bertz CT molecular complexity index is 822. The zero-order valence-electron chi connectivity index (χ0n) is 15.7. The number of halogens is 3. The summed E-state index contributed by atoms with van der Waals surface area (Å²) in [6, 6.07) is 4.35. The minimum atomic E-state index is -4.42. The van der Waals surface area contributed by atoms with Gasteiger partial charge in [0, 0.05) is 32.5 Å². The topological polar surface area (TPSA) is 68.5 Å². The molecule has 2 heterocycles. The monoisotopic (exact) mass is 397 g/mol. The maximum Gasteiger partial charge on any atom is 0.416 e. The fourth-order valence-electron chi connectivity index (χ4n) is 3.57. The average molecular weight is 397 g/mol. The molecule has 1 aliphatic rings. The van der Waals surface area contributed by atoms with Crippen LogP contribution in [0.15, 0.2) is 22.7 Å². The highest BCUT2D eigenvalue weighted by Gasteiger charge is 2.35. The highest BCUT2D eigenvalue weighted by molar-refractivity contribution is 5.48. The Morgan fingerprint density at radius 1 is 1.32 bits per heavy atom. The Labute approximate surface area is 160 Å². The summed E-state index contributed by atoms with van der Waals surface area (Å²) in [6.45, 7) is 2.64. The third kappa shape index (κ3) is 4.52. The van der Waals surface area contributed by atoms with Crippen molar-refractivity contribution in [3.05, 3.63) is 46.6 Å². The third-order valence-corrected chi connectivity index (χ3v) is 5.03. The lowest BCUT2D eigenvalue weighted by molar-refractivity contribution is -0.138. The second kappa shape index (κ2) is 8.30. The number of hydrogen-bond donors (Lipinski definition) is 0. The Balaban J connectivity index is 1.84. The van der Waals surface area contributed by atoms with Crippen molar-refractivity contribution >= 4 is 6.41 Å². The number of aryl methyl sites for hydroxylation is 1. The van der Waals surface area contributed by atoms with Crippen LogP contribution in [-0.4, -0.2) is 48.3 Å². The highest BCUT2D eigenvalue weighted by atomic mass is 19.4. The lowest BCUT2D eigenvalue weighted by Crippen LogP contribution is -2.37. The molecule has 1 amide bonds. The Kier molecular flexibility index (Phi) is 6.02. The minimum absolute atomic E-state index is 0.176. The molecule has 3 rings (SSSR count). The van der Waals surface area contributed by atoms with Gasteiger partial charge in [0.1, 0.15) is 0 Å². The lowest BCUT2D eigenvalue weighted by atomic mass is 9.83. The van der Waals surface area contributed by atoms with Crippen molar-refractivity contribution < 1.29 is 27.2 Å². The summed E-state index contributed by atoms with van der Waals surface area (Å²) in [5.41, 5.74) is 0.0774. The standard InChI is InChI=1S/C19H22F3N3O3/c1-12-3-4-13(8-16(12)19(20,21)22)14-7-15(10-25(9-14)11-26)18-23-17(24-28-18)5-6-27-2/h3-4,8,11,14-15H,5-7,9-10H2,1-2H3. The van der Waals surface area contributed by atoms with E-state index in [2.05, 4.69) is 10.1 Å². The second-order valence-corrected chi connectivity index (χ2v) is 7.05. The summed E-state index contributed by atoms with van der Waals surface area (Å²) < 4.78 is 50.2. The Hall–Kier alpha value is -2.42. The van der Waals surface area contributed by atoms with Crippen molar-refractivity contribution in [2.24, 2.45) is 0 Å². The van der Waals surface area contributed by atoms with E-state index in [1.54, 1.807) is 18.1 Å². The quantitative estimate of drug-likeness (QED) is 0.700. The number of hydrogen-bond acceptors (Lipinski definition) is 5. The molecule has 0 radical (unpaired) electrons. The number of nitrogens with zero attached hydrogens (tertiary/aromatic N) is 3. The van der Waals surface area contributed by atoms with Gasteiger partial charge in [-0.2, -0.15) is 18.2 Å². The number of carbonyl (C=O) groups is 1. The van der Waals surface area contributed by atoms with Crippen LogP contribution in [-0.2, 0) is 22.1 Å². The largest absolute Gasteiger partial charge is 0.416 e. The van der Waals surface area contributed by atoms with Gasteiger partial charge in [-0.25, -0.2) is 0 Å². The van der Waals surface area contributed by atoms with Crippen molar-refractivity contribution in [1.82, 2.24) is 15.0 Å². The van der Waals surface area contributed by atoms with Gasteiger partial charge in [0.2, 0.25) is 12.3 Å². The molecule has 0 spiro atoms. The molecule has 0 aliphatic carbocycles. The molecule has 2 atom stereocenters. The third-order valence-electron chi connectivity index (χ3n) is 5.03. The predicted molar refractivity (Wildman–Crippen MR) is 93.8 cm³/mol. The Morgan fingerprint density at radius 2 is 2.07 bits per heavy atom. The summed E-state index contributed by atoms with van der Waals surface area (Å²) in [5, 5.41) is 3.91. The number of rotatable bonds is 6. The molecule has 1 aromatic carbocycles. The fraction of sp³-hybridized carbons (Fsp3) is 0.526. The van der Waals surface area contributed by atoms with E-state index in [1.165, 1.54) is 19.1 Å². The van der Waals surface area contributed by atoms with Crippen molar-refractivity contribution in [2.45, 2.75) is 37.8 Å². The fourth-order valence-corrected chi connectivity index (χ4v) is 3.57. The van der Waals surface area contributed by atoms with Gasteiger partial charge in [0.25, 0.3) is 0 Å². The summed E-state index contributed by atoms with van der Waals surface area (Å²) in [6.07, 6.45) is -2.68. The Morgan fingerprint density at radius 3 is 2.75 bits per heavy atom. The molecule has 9 heteroatoms. The second-order valence-electron chi connectivity index (χ2n) is 7.05. The van der Waals surface area contributed by atoms with Crippen molar-refractivity contribution in [1.29, 1.82) is 0 Å². The molecule has 152 valence electrons. The molecule has 2 aromatic rings. The first-order valence-electron chi connectivity index (χ1n) is 9.00. The van der Waals surface area contributed by atoms with Gasteiger partial charge in [-0.05, 0) is 30.5 Å². The first-order chi connectivity index (χ1) is 13.3. The lowest BCUT2D eigenvalue weighted by Gasteiger charge is -2.34. The van der Waals surface area contributed by atoms with Gasteiger partial charge in [-0.3, -0.25) is 4.79 Å². The summed E-state index contributed by atoms with van der Waals surface area (Å²) in [7, 11) is 1.57. The summed E-state index contributed by atoms with van der Waals surface area (Å²) in [5.74, 6) is 0.417. The normalized spacial score (nSPS) is 20.4. The molecule has 1 aliphatic heterocycles. The number of amides is 1. The number of aromatic nitrogens is 2. The number of piperidine rings is 1. The first-order valence-corrected chi connectivity index (χ1v) is 9.00. The van der Waals surface area contributed by atoms with Gasteiger partial charge in [-0.1, -0.05) is 17.3 Å². The first kappa shape index (κ1) is 20.3. The minimum Gasteiger partial charge on any atom is -0.384 e. The van der Waals surface area contributed by atoms with E-state index in [-0.39, 0.29) is 17.4 Å². The number of likely N-dealkylation sites (tertiary alicyclic amines) is 1. The van der Waals surface area contributed by atoms with Crippen LogP contribution in [0.2, 0.25) is 0 Å². The molecule has 2 unspecified atom stereocenters. The predicted octanol–water partition coefficient (Wildman–Crippen LogP) is 3.32. The number of methoxy groups -OCH3 is 1. The van der Waals surface area contributed by atoms with E-state index >= 15 is 0 Å². The molecule has 1 saturated heterocycles. The van der Waals surface area contributed by atoms with Crippen LogP contribution in [0.25, 0.3) is 0 Å². The molecule has 0 bridgehead atoms. The molecule has 0 saturated carbocycles. The molecular weight excluding hydrogens is 375 g/mol. The van der Waals surface area contributed by atoms with Gasteiger partial charge >= 0.3 is 6.18 Å². The van der Waals surface area contributed by atoms with E-state index in [4.69, 9.17) is 9.26 Å². The number of benzene rings is 1. The van der Waals surface area contributed by atoms with E-state index in [0.717, 1.165) is 0 Å². The van der Waals surface area contributed by atoms with E-state index in [9.17, 15) is 18.0 Å². The van der Waals surface area contributed by atoms with E-state index in [1.807, 2.05) is 0 Å². The van der Waals surface area contributed by atoms with E-state index in [0.29, 0.717) is 56.2 Å². The van der Waals surface area contributed by atoms with Crippen molar-refractivity contribution in [3.8, 4) is 0 Å². The van der Waals surface area contributed by atoms with Gasteiger partial charge < -0.3 is 14.2 Å². The van der Waals surface area contributed by atoms with E-state index < -0.39 is 11.7 Å². The summed E-state index contributed by atoms with van der Waals surface area (Å²) in [4.78, 5) is 17.3. The van der Waals surface area contributed by atoms with Crippen LogP contribution >= 0.6 is 0 Å². The molecule has 6 nitrogen and oxygen atoms in total. The van der Waals surface area contributed by atoms with Crippen molar-refractivity contribution in [2.75, 3.05) is 26.8 Å². The van der Waals surface area contributed by atoms with Gasteiger partial charge in [0.15, 0.2) is 5.82 Å². The molecule has 1 aromatic heterocycles. The smallest absolute Gasteiger partial charge is 0.384 e. The molecule has 0 N–H and O–H groups in total. The van der Waals surface area contributed by atoms with Crippen molar-refractivity contribution in [3.63, 3.8) is 0 Å². The maximum absolute atomic E-state index is 13.3. The highest BCUT2D eigenvalue weighted by Crippen LogP contribution is 2.38. The van der Waals surface area contributed by atoms with Crippen LogP contribution in [0.5, 0.6) is 0 Å². The average Bonchev–Trinajstić information content (AvgIpc) is 3.14. The van der Waals surface area contributed by atoms with Gasteiger partial charge in [-0.15, -0.1) is 0 Å². The van der Waals surface area contributed by atoms with Crippen LogP contribution in [0, 0.1) is 6.92 Å². The number of alkyl halides is 3. The molecular formula is C19H22F3N3O3. The number of ether oxygens (including phenoxy) is 1. The molecule has 28 heavy (non-hydrogen) atoms. The summed E-state index contributed by atoms with van der Waals surface area (Å²) >= 11 is 0. The maximum atomic E-state index is 13.3.